The molecule has 0 aliphatic rings. The van der Waals surface area contributed by atoms with Gasteiger partial charge in [0.2, 0.25) is 0 Å². The van der Waals surface area contributed by atoms with Crippen molar-refractivity contribution in [2.75, 3.05) is 5.32 Å². The van der Waals surface area contributed by atoms with Crippen LogP contribution in [-0.4, -0.2) is 11.3 Å². The predicted octanol–water partition coefficient (Wildman–Crippen LogP) is 4.24. The minimum atomic E-state index is 0.485. The molecule has 0 saturated heterocycles. The summed E-state index contributed by atoms with van der Waals surface area (Å²) in [7, 11) is 0. The zero-order valence-electron chi connectivity index (χ0n) is 13.4. The summed E-state index contributed by atoms with van der Waals surface area (Å²) in [5.41, 5.74) is 9.72. The molecule has 0 aliphatic carbocycles. The summed E-state index contributed by atoms with van der Waals surface area (Å²) in [5.74, 6) is 0. The molecule has 0 heterocycles. The molecule has 0 fully saturated rings. The molecule has 0 bridgehead atoms. The quantitative estimate of drug-likeness (QED) is 0.506. The molecule has 0 radical (unpaired) electrons. The normalized spacial score (nSPS) is 10.7. The maximum Gasteiger partial charge on any atom is 0.191 e. The summed E-state index contributed by atoms with van der Waals surface area (Å²) in [6.45, 7) is 8.26. The summed E-state index contributed by atoms with van der Waals surface area (Å²) in [6.07, 6.45) is 1.79. The number of thiocarbonyl (C=S) groups is 1. The maximum absolute atomic E-state index is 5.29. The molecule has 114 valence electrons. The topological polar surface area (TPSA) is 36.4 Å². The van der Waals surface area contributed by atoms with Crippen LogP contribution in [-0.2, 0) is 0 Å². The molecule has 2 rings (SSSR count). The number of hydrogen-bond acceptors (Lipinski definition) is 2. The molecule has 2 aromatic carbocycles. The van der Waals surface area contributed by atoms with E-state index in [0.29, 0.717) is 5.11 Å². The van der Waals surface area contributed by atoms with Crippen molar-refractivity contribution in [1.29, 1.82) is 0 Å². The monoisotopic (exact) mass is 311 g/mol. The molecule has 3 nitrogen and oxygen atoms in total. The van der Waals surface area contributed by atoms with Gasteiger partial charge < -0.3 is 5.32 Å². The Kier molecular flexibility index (Phi) is 5.28. The van der Waals surface area contributed by atoms with Crippen LogP contribution in [0.3, 0.4) is 0 Å². The third-order valence-corrected chi connectivity index (χ3v) is 3.71. The Hall–Kier alpha value is -2.20. The molecular formula is C18H21N3S. The Labute approximate surface area is 137 Å². The average molecular weight is 311 g/mol. The first-order valence-corrected chi connectivity index (χ1v) is 7.61. The highest BCUT2D eigenvalue weighted by Crippen LogP contribution is 2.19. The number of para-hydroxylation sites is 1. The van der Waals surface area contributed by atoms with E-state index in [-0.39, 0.29) is 0 Å². The molecule has 0 saturated carbocycles. The number of nitrogens with zero attached hydrogens (tertiary/aromatic N) is 1. The first kappa shape index (κ1) is 16.2. The summed E-state index contributed by atoms with van der Waals surface area (Å²) < 4.78 is 0. The molecule has 0 spiro atoms. The van der Waals surface area contributed by atoms with E-state index in [2.05, 4.69) is 73.9 Å². The van der Waals surface area contributed by atoms with Crippen molar-refractivity contribution in [3.05, 3.63) is 64.2 Å². The molecule has 0 unspecified atom stereocenters. The highest BCUT2D eigenvalue weighted by molar-refractivity contribution is 7.80. The van der Waals surface area contributed by atoms with Crippen molar-refractivity contribution in [2.24, 2.45) is 5.10 Å². The SMILES string of the molecule is Cc1ccc(/C=N\NC(=S)Nc2c(C)cccc2C)c(C)c1. The van der Waals surface area contributed by atoms with E-state index in [1.165, 1.54) is 11.1 Å². The highest BCUT2D eigenvalue weighted by Gasteiger charge is 2.03. The molecule has 0 atom stereocenters. The smallest absolute Gasteiger partial charge is 0.191 e. The average Bonchev–Trinajstić information content (AvgIpc) is 2.45. The molecule has 4 heteroatoms. The third kappa shape index (κ3) is 4.15. The number of rotatable bonds is 3. The molecular weight excluding hydrogens is 290 g/mol. The van der Waals surface area contributed by atoms with Crippen LogP contribution in [0.4, 0.5) is 5.69 Å². The Balaban J connectivity index is 1.99. The number of hydrogen-bond donors (Lipinski definition) is 2. The molecule has 2 N–H and O–H groups in total. The van der Waals surface area contributed by atoms with E-state index < -0.39 is 0 Å². The number of aryl methyl sites for hydroxylation is 4. The van der Waals surface area contributed by atoms with Gasteiger partial charge in [0.25, 0.3) is 0 Å². The first-order valence-electron chi connectivity index (χ1n) is 7.21. The van der Waals surface area contributed by atoms with Gasteiger partial charge in [-0.25, -0.2) is 0 Å². The van der Waals surface area contributed by atoms with E-state index in [0.717, 1.165) is 22.4 Å². The third-order valence-electron chi connectivity index (χ3n) is 3.51. The van der Waals surface area contributed by atoms with Gasteiger partial charge in [-0.15, -0.1) is 0 Å². The zero-order valence-corrected chi connectivity index (χ0v) is 14.2. The van der Waals surface area contributed by atoms with Crippen molar-refractivity contribution >= 4 is 29.2 Å². The van der Waals surface area contributed by atoms with E-state index in [9.17, 15) is 0 Å². The second-order valence-corrected chi connectivity index (χ2v) is 5.86. The minimum Gasteiger partial charge on any atom is -0.331 e. The van der Waals surface area contributed by atoms with E-state index >= 15 is 0 Å². The van der Waals surface area contributed by atoms with Crippen molar-refractivity contribution in [3.63, 3.8) is 0 Å². The zero-order chi connectivity index (χ0) is 16.1. The summed E-state index contributed by atoms with van der Waals surface area (Å²) in [6, 6.07) is 12.4. The standard InChI is InChI=1S/C18H21N3S/c1-12-8-9-16(15(4)10-12)11-19-21-18(22)20-17-13(2)6-5-7-14(17)3/h5-11H,1-4H3,(H2,20,21,22)/b19-11-. The molecule has 22 heavy (non-hydrogen) atoms. The van der Waals surface area contributed by atoms with Crippen molar-refractivity contribution in [1.82, 2.24) is 5.43 Å². The molecule has 0 aromatic heterocycles. The largest absolute Gasteiger partial charge is 0.331 e. The lowest BCUT2D eigenvalue weighted by Crippen LogP contribution is -2.24. The Morgan fingerprint density at radius 2 is 1.68 bits per heavy atom. The van der Waals surface area contributed by atoms with Crippen molar-refractivity contribution in [2.45, 2.75) is 27.7 Å². The van der Waals surface area contributed by atoms with Gasteiger partial charge in [0.1, 0.15) is 0 Å². The molecule has 0 amide bonds. The highest BCUT2D eigenvalue weighted by atomic mass is 32.1. The van der Waals surface area contributed by atoms with Crippen LogP contribution in [0.2, 0.25) is 0 Å². The Bertz CT molecular complexity index is 700. The number of benzene rings is 2. The van der Waals surface area contributed by atoms with Crippen molar-refractivity contribution in [3.8, 4) is 0 Å². The lowest BCUT2D eigenvalue weighted by Gasteiger charge is -2.12. The summed E-state index contributed by atoms with van der Waals surface area (Å²) >= 11 is 5.29. The fourth-order valence-electron chi connectivity index (χ4n) is 2.28. The fraction of sp³-hybridized carbons (Fsp3) is 0.222. The van der Waals surface area contributed by atoms with Gasteiger partial charge in [0.05, 0.1) is 6.21 Å². The number of nitrogens with one attached hydrogen (secondary N) is 2. The Morgan fingerprint density at radius 1 is 1.00 bits per heavy atom. The van der Waals surface area contributed by atoms with Gasteiger partial charge in [-0.2, -0.15) is 5.10 Å². The maximum atomic E-state index is 5.29. The summed E-state index contributed by atoms with van der Waals surface area (Å²) in [5, 5.41) is 7.89. The predicted molar refractivity (Wildman–Crippen MR) is 98.8 cm³/mol. The van der Waals surface area contributed by atoms with Gasteiger partial charge in [0, 0.05) is 5.69 Å². The molecule has 0 aliphatic heterocycles. The van der Waals surface area contributed by atoms with Crippen LogP contribution in [0, 0.1) is 27.7 Å². The number of anilines is 1. The van der Waals surface area contributed by atoms with E-state index in [1.807, 2.05) is 6.07 Å². The van der Waals surface area contributed by atoms with Crippen LogP contribution >= 0.6 is 12.2 Å². The lowest BCUT2D eigenvalue weighted by atomic mass is 10.1. The second kappa shape index (κ2) is 7.18. The number of hydrazone groups is 1. The molecule has 2 aromatic rings. The van der Waals surface area contributed by atoms with Gasteiger partial charge in [0.15, 0.2) is 5.11 Å². The van der Waals surface area contributed by atoms with Crippen LogP contribution in [0.1, 0.15) is 27.8 Å². The fourth-order valence-corrected chi connectivity index (χ4v) is 2.44. The van der Waals surface area contributed by atoms with Gasteiger partial charge in [-0.05, 0) is 62.2 Å². The van der Waals surface area contributed by atoms with Crippen LogP contribution in [0.5, 0.6) is 0 Å². The van der Waals surface area contributed by atoms with Gasteiger partial charge >= 0.3 is 0 Å². The van der Waals surface area contributed by atoms with E-state index in [4.69, 9.17) is 12.2 Å². The van der Waals surface area contributed by atoms with Crippen LogP contribution < -0.4 is 10.7 Å². The summed E-state index contributed by atoms with van der Waals surface area (Å²) in [4.78, 5) is 0. The Morgan fingerprint density at radius 3 is 2.32 bits per heavy atom. The first-order chi connectivity index (χ1) is 10.5. The van der Waals surface area contributed by atoms with Crippen LogP contribution in [0.15, 0.2) is 41.5 Å². The van der Waals surface area contributed by atoms with Crippen molar-refractivity contribution < 1.29 is 0 Å². The van der Waals surface area contributed by atoms with Crippen LogP contribution in [0.25, 0.3) is 0 Å². The minimum absolute atomic E-state index is 0.485. The van der Waals surface area contributed by atoms with Gasteiger partial charge in [-0.1, -0.05) is 42.0 Å². The lowest BCUT2D eigenvalue weighted by molar-refractivity contribution is 1.05. The van der Waals surface area contributed by atoms with E-state index in [1.54, 1.807) is 6.21 Å². The second-order valence-electron chi connectivity index (χ2n) is 5.45. The van der Waals surface area contributed by atoms with Gasteiger partial charge in [-0.3, -0.25) is 5.43 Å².